The Morgan fingerprint density at radius 3 is 3.20 bits per heavy atom. The first-order valence-corrected chi connectivity index (χ1v) is 5.66. The average Bonchev–Trinajstić information content (AvgIpc) is 2.84. The Bertz CT molecular complexity index is 311. The van der Waals surface area contributed by atoms with E-state index in [-0.39, 0.29) is 0 Å². The summed E-state index contributed by atoms with van der Waals surface area (Å²) in [7, 11) is 1.80. The molecule has 1 aliphatic rings. The largest absolute Gasteiger partial charge is 0.379 e. The molecule has 2 rings (SSSR count). The van der Waals surface area contributed by atoms with Crippen LogP contribution in [-0.2, 0) is 4.74 Å². The number of rotatable bonds is 4. The van der Waals surface area contributed by atoms with E-state index < -0.39 is 0 Å². The molecular formula is C11H19N3O. The Labute approximate surface area is 90.6 Å². The summed E-state index contributed by atoms with van der Waals surface area (Å²) in [5.41, 5.74) is 0. The van der Waals surface area contributed by atoms with E-state index >= 15 is 0 Å². The molecule has 0 saturated heterocycles. The van der Waals surface area contributed by atoms with Gasteiger partial charge >= 0.3 is 0 Å². The summed E-state index contributed by atoms with van der Waals surface area (Å²) in [6, 6.07) is 0.451. The molecule has 2 atom stereocenters. The van der Waals surface area contributed by atoms with Gasteiger partial charge in [0.15, 0.2) is 0 Å². The second-order valence-electron chi connectivity index (χ2n) is 3.96. The number of imidazole rings is 1. The van der Waals surface area contributed by atoms with Gasteiger partial charge in [-0.1, -0.05) is 0 Å². The topological polar surface area (TPSA) is 39.1 Å². The molecule has 1 saturated carbocycles. The van der Waals surface area contributed by atoms with Gasteiger partial charge in [-0.2, -0.15) is 0 Å². The summed E-state index contributed by atoms with van der Waals surface area (Å²) in [5, 5.41) is 3.27. The van der Waals surface area contributed by atoms with E-state index in [0.717, 1.165) is 18.9 Å². The van der Waals surface area contributed by atoms with Gasteiger partial charge in [-0.05, 0) is 26.2 Å². The molecule has 2 unspecified atom stereocenters. The first-order valence-electron chi connectivity index (χ1n) is 5.66. The van der Waals surface area contributed by atoms with E-state index in [9.17, 15) is 0 Å². The second-order valence-corrected chi connectivity index (χ2v) is 3.96. The molecule has 0 aromatic carbocycles. The van der Waals surface area contributed by atoms with Gasteiger partial charge in [-0.15, -0.1) is 0 Å². The van der Waals surface area contributed by atoms with Crippen molar-refractivity contribution in [3.05, 3.63) is 12.4 Å². The van der Waals surface area contributed by atoms with Crippen LogP contribution >= 0.6 is 0 Å². The van der Waals surface area contributed by atoms with E-state index in [1.165, 1.54) is 12.8 Å². The van der Waals surface area contributed by atoms with Gasteiger partial charge in [-0.3, -0.25) is 0 Å². The summed E-state index contributed by atoms with van der Waals surface area (Å²) in [6.45, 7) is 2.99. The van der Waals surface area contributed by atoms with E-state index in [2.05, 4.69) is 21.8 Å². The minimum Gasteiger partial charge on any atom is -0.379 e. The van der Waals surface area contributed by atoms with Crippen LogP contribution in [-0.4, -0.2) is 29.3 Å². The summed E-state index contributed by atoms with van der Waals surface area (Å²) in [5.74, 6) is 0.964. The first kappa shape index (κ1) is 10.5. The first-order chi connectivity index (χ1) is 7.36. The van der Waals surface area contributed by atoms with Crippen molar-refractivity contribution in [2.75, 3.05) is 19.0 Å². The second kappa shape index (κ2) is 4.66. The number of hydrogen-bond donors (Lipinski definition) is 1. The summed E-state index contributed by atoms with van der Waals surface area (Å²) in [6.07, 6.45) is 7.82. The molecular weight excluding hydrogens is 190 g/mol. The third kappa shape index (κ3) is 2.00. The minimum atomic E-state index is 0.344. The Morgan fingerprint density at radius 1 is 1.60 bits per heavy atom. The van der Waals surface area contributed by atoms with Crippen molar-refractivity contribution in [1.82, 2.24) is 9.55 Å². The highest BCUT2D eigenvalue weighted by Crippen LogP contribution is 2.33. The molecule has 1 aromatic heterocycles. The summed E-state index contributed by atoms with van der Waals surface area (Å²) < 4.78 is 7.72. The van der Waals surface area contributed by atoms with Gasteiger partial charge in [0.1, 0.15) is 0 Å². The molecule has 1 heterocycles. The molecule has 1 aromatic rings. The molecule has 15 heavy (non-hydrogen) atoms. The van der Waals surface area contributed by atoms with Gasteiger partial charge in [0.25, 0.3) is 0 Å². The van der Waals surface area contributed by atoms with Crippen LogP contribution in [0.5, 0.6) is 0 Å². The maximum Gasteiger partial charge on any atom is 0.203 e. The number of aromatic nitrogens is 2. The van der Waals surface area contributed by atoms with Crippen LogP contribution in [0, 0.1) is 0 Å². The molecule has 0 spiro atoms. The molecule has 0 radical (unpaired) electrons. The fourth-order valence-corrected chi connectivity index (χ4v) is 2.38. The molecule has 0 aliphatic heterocycles. The maximum absolute atomic E-state index is 5.50. The highest BCUT2D eigenvalue weighted by atomic mass is 16.5. The van der Waals surface area contributed by atoms with Crippen molar-refractivity contribution in [1.29, 1.82) is 0 Å². The number of ether oxygens (including phenoxy) is 1. The third-order valence-electron chi connectivity index (χ3n) is 3.08. The molecule has 0 bridgehead atoms. The summed E-state index contributed by atoms with van der Waals surface area (Å²) >= 11 is 0. The van der Waals surface area contributed by atoms with Crippen LogP contribution in [0.3, 0.4) is 0 Å². The van der Waals surface area contributed by atoms with Gasteiger partial charge < -0.3 is 14.6 Å². The van der Waals surface area contributed by atoms with E-state index in [4.69, 9.17) is 4.74 Å². The lowest BCUT2D eigenvalue weighted by Gasteiger charge is -2.21. The zero-order chi connectivity index (χ0) is 10.7. The SMILES string of the molecule is CCNc1nccn1C1CCCC1OC. The maximum atomic E-state index is 5.50. The number of hydrogen-bond acceptors (Lipinski definition) is 3. The minimum absolute atomic E-state index is 0.344. The standard InChI is InChI=1S/C11H19N3O/c1-3-12-11-13-7-8-14(11)9-5-4-6-10(9)15-2/h7-10H,3-6H2,1-2H3,(H,12,13). The highest BCUT2D eigenvalue weighted by Gasteiger charge is 2.29. The van der Waals surface area contributed by atoms with Crippen molar-refractivity contribution in [3.63, 3.8) is 0 Å². The average molecular weight is 209 g/mol. The molecule has 1 N–H and O–H groups in total. The predicted molar refractivity (Wildman–Crippen MR) is 60.1 cm³/mol. The fraction of sp³-hybridized carbons (Fsp3) is 0.727. The van der Waals surface area contributed by atoms with Crippen LogP contribution < -0.4 is 5.32 Å². The number of nitrogens with one attached hydrogen (secondary N) is 1. The van der Waals surface area contributed by atoms with Gasteiger partial charge in [-0.25, -0.2) is 4.98 Å². The molecule has 4 heteroatoms. The number of nitrogens with zero attached hydrogens (tertiary/aromatic N) is 2. The molecule has 84 valence electrons. The van der Waals surface area contributed by atoms with Crippen molar-refractivity contribution in [2.45, 2.75) is 38.3 Å². The van der Waals surface area contributed by atoms with Crippen molar-refractivity contribution in [2.24, 2.45) is 0 Å². The van der Waals surface area contributed by atoms with Crippen molar-refractivity contribution < 1.29 is 4.74 Å². The Kier molecular flexibility index (Phi) is 3.26. The zero-order valence-electron chi connectivity index (χ0n) is 9.44. The number of anilines is 1. The molecule has 0 amide bonds. The number of methoxy groups -OCH3 is 1. The molecule has 4 nitrogen and oxygen atoms in total. The zero-order valence-corrected chi connectivity index (χ0v) is 9.44. The smallest absolute Gasteiger partial charge is 0.203 e. The lowest BCUT2D eigenvalue weighted by molar-refractivity contribution is 0.0755. The molecule has 1 aliphatic carbocycles. The third-order valence-corrected chi connectivity index (χ3v) is 3.08. The van der Waals surface area contributed by atoms with E-state index in [1.807, 2.05) is 12.4 Å². The Hall–Kier alpha value is -1.03. The Morgan fingerprint density at radius 2 is 2.47 bits per heavy atom. The van der Waals surface area contributed by atoms with Crippen LogP contribution in [0.15, 0.2) is 12.4 Å². The lowest BCUT2D eigenvalue weighted by Crippen LogP contribution is -2.21. The van der Waals surface area contributed by atoms with E-state index in [1.54, 1.807) is 7.11 Å². The van der Waals surface area contributed by atoms with Crippen LogP contribution in [0.2, 0.25) is 0 Å². The van der Waals surface area contributed by atoms with Crippen molar-refractivity contribution >= 4 is 5.95 Å². The van der Waals surface area contributed by atoms with Gasteiger partial charge in [0, 0.05) is 26.0 Å². The highest BCUT2D eigenvalue weighted by molar-refractivity contribution is 5.26. The normalized spacial score (nSPS) is 25.7. The monoisotopic (exact) mass is 209 g/mol. The van der Waals surface area contributed by atoms with Crippen LogP contribution in [0.1, 0.15) is 32.2 Å². The van der Waals surface area contributed by atoms with E-state index in [0.29, 0.717) is 12.1 Å². The van der Waals surface area contributed by atoms with Crippen LogP contribution in [0.4, 0.5) is 5.95 Å². The van der Waals surface area contributed by atoms with Crippen molar-refractivity contribution in [3.8, 4) is 0 Å². The lowest BCUT2D eigenvalue weighted by atomic mass is 10.2. The summed E-state index contributed by atoms with van der Waals surface area (Å²) in [4.78, 5) is 4.32. The quantitative estimate of drug-likeness (QED) is 0.825. The van der Waals surface area contributed by atoms with Gasteiger partial charge in [0.2, 0.25) is 5.95 Å². The van der Waals surface area contributed by atoms with Gasteiger partial charge in [0.05, 0.1) is 12.1 Å². The fourth-order valence-electron chi connectivity index (χ4n) is 2.38. The van der Waals surface area contributed by atoms with Crippen LogP contribution in [0.25, 0.3) is 0 Å². The predicted octanol–water partition coefficient (Wildman–Crippen LogP) is 2.05. The molecule has 1 fully saturated rings. The Balaban J connectivity index is 2.16.